The highest BCUT2D eigenvalue weighted by Gasteiger charge is 2.24. The van der Waals surface area contributed by atoms with Crippen LogP contribution in [0.5, 0.6) is 5.75 Å². The summed E-state index contributed by atoms with van der Waals surface area (Å²) in [5.41, 5.74) is 5.51. The maximum absolute atomic E-state index is 11.8. The van der Waals surface area contributed by atoms with Gasteiger partial charge >= 0.3 is 0 Å². The van der Waals surface area contributed by atoms with Gasteiger partial charge in [0.15, 0.2) is 0 Å². The summed E-state index contributed by atoms with van der Waals surface area (Å²) in [6.45, 7) is 0.475. The molecule has 4 N–H and O–H groups in total. The Labute approximate surface area is 94.3 Å². The van der Waals surface area contributed by atoms with Crippen molar-refractivity contribution in [2.24, 2.45) is 5.92 Å². The van der Waals surface area contributed by atoms with Gasteiger partial charge in [-0.2, -0.15) is 0 Å². The number of nitrogens with two attached hydrogens (primary N) is 1. The van der Waals surface area contributed by atoms with Crippen LogP contribution in [0.25, 0.3) is 0 Å². The van der Waals surface area contributed by atoms with Crippen molar-refractivity contribution in [1.29, 1.82) is 0 Å². The molecule has 0 aromatic heterocycles. The second kappa shape index (κ2) is 3.95. The van der Waals surface area contributed by atoms with Gasteiger partial charge in [-0.15, -0.1) is 0 Å². The monoisotopic (exact) mass is 242 g/mol. The molecule has 0 amide bonds. The molecule has 0 atom stereocenters. The van der Waals surface area contributed by atoms with Crippen molar-refractivity contribution < 1.29 is 13.5 Å². The molecular formula is C10H14N2O3S. The number of hydrogen-bond donors (Lipinski definition) is 3. The van der Waals surface area contributed by atoms with E-state index in [1.54, 1.807) is 0 Å². The third-order valence-electron chi connectivity index (χ3n) is 2.57. The minimum absolute atomic E-state index is 0.0642. The smallest absolute Gasteiger partial charge is 0.240 e. The molecule has 1 aliphatic carbocycles. The third kappa shape index (κ3) is 2.45. The molecule has 0 unspecified atom stereocenters. The van der Waals surface area contributed by atoms with Crippen LogP contribution < -0.4 is 10.5 Å². The fraction of sp³-hybridized carbons (Fsp3) is 0.400. The molecule has 1 aromatic rings. The number of aromatic hydroxyl groups is 1. The summed E-state index contributed by atoms with van der Waals surface area (Å²) in [6, 6.07) is 3.87. The second-order valence-corrected chi connectivity index (χ2v) is 5.78. The van der Waals surface area contributed by atoms with E-state index >= 15 is 0 Å². The van der Waals surface area contributed by atoms with Crippen molar-refractivity contribution in [2.75, 3.05) is 12.3 Å². The van der Waals surface area contributed by atoms with Gasteiger partial charge in [0, 0.05) is 6.54 Å². The second-order valence-electron chi connectivity index (χ2n) is 4.02. The number of phenols is 1. The van der Waals surface area contributed by atoms with Gasteiger partial charge in [-0.05, 0) is 37.0 Å². The number of anilines is 1. The van der Waals surface area contributed by atoms with E-state index in [2.05, 4.69) is 4.72 Å². The SMILES string of the molecule is Nc1cc(S(=O)(=O)NCC2CC2)ccc1O. The summed E-state index contributed by atoms with van der Waals surface area (Å²) < 4.78 is 26.1. The van der Waals surface area contributed by atoms with E-state index in [0.717, 1.165) is 12.8 Å². The lowest BCUT2D eigenvalue weighted by molar-refractivity contribution is 0.477. The number of nitrogens with one attached hydrogen (secondary N) is 1. The van der Waals surface area contributed by atoms with Crippen LogP contribution in [-0.4, -0.2) is 20.1 Å². The normalized spacial score (nSPS) is 16.2. The van der Waals surface area contributed by atoms with E-state index < -0.39 is 10.0 Å². The quantitative estimate of drug-likeness (QED) is 0.534. The number of rotatable bonds is 4. The number of sulfonamides is 1. The Bertz CT molecular complexity index is 495. The zero-order chi connectivity index (χ0) is 11.8. The Kier molecular flexibility index (Phi) is 2.77. The van der Waals surface area contributed by atoms with Crippen LogP contribution in [0, 0.1) is 5.92 Å². The molecule has 0 saturated heterocycles. The van der Waals surface area contributed by atoms with Crippen LogP contribution in [0.2, 0.25) is 0 Å². The minimum atomic E-state index is -3.50. The molecule has 1 saturated carbocycles. The minimum Gasteiger partial charge on any atom is -0.506 e. The van der Waals surface area contributed by atoms with Crippen molar-refractivity contribution in [3.05, 3.63) is 18.2 Å². The van der Waals surface area contributed by atoms with E-state index in [9.17, 15) is 13.5 Å². The number of hydrogen-bond acceptors (Lipinski definition) is 4. The van der Waals surface area contributed by atoms with Crippen LogP contribution >= 0.6 is 0 Å². The zero-order valence-electron chi connectivity index (χ0n) is 8.68. The summed E-state index contributed by atoms with van der Waals surface area (Å²) in [5, 5.41) is 9.20. The van der Waals surface area contributed by atoms with E-state index in [4.69, 9.17) is 5.73 Å². The lowest BCUT2D eigenvalue weighted by atomic mass is 10.3. The van der Waals surface area contributed by atoms with Crippen LogP contribution in [-0.2, 0) is 10.0 Å². The fourth-order valence-corrected chi connectivity index (χ4v) is 2.48. The Morgan fingerprint density at radius 1 is 1.44 bits per heavy atom. The highest BCUT2D eigenvalue weighted by atomic mass is 32.2. The molecule has 0 spiro atoms. The van der Waals surface area contributed by atoms with E-state index in [0.29, 0.717) is 12.5 Å². The van der Waals surface area contributed by atoms with Gasteiger partial charge in [-0.3, -0.25) is 0 Å². The first-order chi connectivity index (χ1) is 7.49. The van der Waals surface area contributed by atoms with Gasteiger partial charge in [-0.1, -0.05) is 0 Å². The maximum Gasteiger partial charge on any atom is 0.240 e. The highest BCUT2D eigenvalue weighted by molar-refractivity contribution is 7.89. The molecule has 88 valence electrons. The number of benzene rings is 1. The van der Waals surface area contributed by atoms with Crippen LogP contribution in [0.15, 0.2) is 23.1 Å². The van der Waals surface area contributed by atoms with Gasteiger partial charge in [0.1, 0.15) is 5.75 Å². The predicted octanol–water partition coefficient (Wildman–Crippen LogP) is 0.663. The van der Waals surface area contributed by atoms with Crippen LogP contribution in [0.4, 0.5) is 5.69 Å². The van der Waals surface area contributed by atoms with Gasteiger partial charge in [-0.25, -0.2) is 13.1 Å². The van der Waals surface area contributed by atoms with Gasteiger partial charge in [0.05, 0.1) is 10.6 Å². The molecule has 0 radical (unpaired) electrons. The Hall–Kier alpha value is -1.27. The topological polar surface area (TPSA) is 92.4 Å². The van der Waals surface area contributed by atoms with Gasteiger partial charge in [0.25, 0.3) is 0 Å². The summed E-state index contributed by atoms with van der Waals surface area (Å²) >= 11 is 0. The summed E-state index contributed by atoms with van der Waals surface area (Å²) in [5.74, 6) is 0.366. The highest BCUT2D eigenvalue weighted by Crippen LogP contribution is 2.28. The first kappa shape index (κ1) is 11.2. The number of nitrogen functional groups attached to an aromatic ring is 1. The largest absolute Gasteiger partial charge is 0.506 e. The molecular weight excluding hydrogens is 228 g/mol. The molecule has 5 nitrogen and oxygen atoms in total. The molecule has 2 rings (SSSR count). The molecule has 1 aliphatic rings. The van der Waals surface area contributed by atoms with Crippen molar-refractivity contribution >= 4 is 15.7 Å². The summed E-state index contributed by atoms with van der Waals surface area (Å²) in [4.78, 5) is 0.0865. The average Bonchev–Trinajstić information content (AvgIpc) is 3.03. The molecule has 1 aromatic carbocycles. The van der Waals surface area contributed by atoms with Gasteiger partial charge < -0.3 is 10.8 Å². The van der Waals surface area contributed by atoms with Crippen molar-refractivity contribution in [3.63, 3.8) is 0 Å². The lowest BCUT2D eigenvalue weighted by Crippen LogP contribution is -2.25. The Morgan fingerprint density at radius 3 is 2.69 bits per heavy atom. The molecule has 0 aliphatic heterocycles. The summed E-state index contributed by atoms with van der Waals surface area (Å²) in [7, 11) is -3.50. The van der Waals surface area contributed by atoms with Crippen LogP contribution in [0.3, 0.4) is 0 Å². The van der Waals surface area contributed by atoms with E-state index in [1.165, 1.54) is 18.2 Å². The Morgan fingerprint density at radius 2 is 2.12 bits per heavy atom. The Balaban J connectivity index is 2.17. The number of phenolic OH excluding ortho intramolecular Hbond substituents is 1. The van der Waals surface area contributed by atoms with Gasteiger partial charge in [0.2, 0.25) is 10.0 Å². The van der Waals surface area contributed by atoms with E-state index in [1.807, 2.05) is 0 Å². The lowest BCUT2D eigenvalue weighted by Gasteiger charge is -2.07. The fourth-order valence-electron chi connectivity index (χ4n) is 1.33. The average molecular weight is 242 g/mol. The molecule has 0 heterocycles. The molecule has 6 heteroatoms. The van der Waals surface area contributed by atoms with Crippen molar-refractivity contribution in [2.45, 2.75) is 17.7 Å². The van der Waals surface area contributed by atoms with Crippen molar-refractivity contribution in [1.82, 2.24) is 4.72 Å². The zero-order valence-corrected chi connectivity index (χ0v) is 9.50. The third-order valence-corrected chi connectivity index (χ3v) is 3.99. The molecule has 1 fully saturated rings. The molecule has 0 bridgehead atoms. The maximum atomic E-state index is 11.8. The van der Waals surface area contributed by atoms with E-state index in [-0.39, 0.29) is 16.3 Å². The first-order valence-electron chi connectivity index (χ1n) is 5.07. The molecule has 16 heavy (non-hydrogen) atoms. The standard InChI is InChI=1S/C10H14N2O3S/c11-9-5-8(3-4-10(9)13)16(14,15)12-6-7-1-2-7/h3-5,7,12-13H,1-2,6,11H2. The van der Waals surface area contributed by atoms with Crippen molar-refractivity contribution in [3.8, 4) is 5.75 Å². The van der Waals surface area contributed by atoms with Crippen LogP contribution in [0.1, 0.15) is 12.8 Å². The first-order valence-corrected chi connectivity index (χ1v) is 6.55. The predicted molar refractivity (Wildman–Crippen MR) is 60.4 cm³/mol. The summed E-state index contributed by atoms with van der Waals surface area (Å²) in [6.07, 6.45) is 2.17.